The van der Waals surface area contributed by atoms with E-state index in [9.17, 15) is 9.18 Å². The van der Waals surface area contributed by atoms with Gasteiger partial charge in [-0.3, -0.25) is 4.79 Å². The van der Waals surface area contributed by atoms with Gasteiger partial charge in [0, 0.05) is 0 Å². The van der Waals surface area contributed by atoms with Crippen LogP contribution in [0.1, 0.15) is 27.2 Å². The highest BCUT2D eigenvalue weighted by Crippen LogP contribution is 2.16. The van der Waals surface area contributed by atoms with Crippen LogP contribution in [0.25, 0.3) is 0 Å². The zero-order valence-corrected chi connectivity index (χ0v) is 11.2. The fourth-order valence-corrected chi connectivity index (χ4v) is 1.42. The normalized spacial score (nSPS) is 11.3. The van der Waals surface area contributed by atoms with Crippen LogP contribution in [0.15, 0.2) is 24.3 Å². The van der Waals surface area contributed by atoms with Crippen molar-refractivity contribution >= 4 is 11.6 Å². The number of hydrogen-bond donors (Lipinski definition) is 2. The van der Waals surface area contributed by atoms with Crippen molar-refractivity contribution in [2.75, 3.05) is 18.4 Å². The van der Waals surface area contributed by atoms with E-state index >= 15 is 0 Å². The van der Waals surface area contributed by atoms with E-state index in [4.69, 9.17) is 0 Å². The molecule has 0 saturated carbocycles. The first-order valence-corrected chi connectivity index (χ1v) is 6.13. The molecule has 1 rings (SSSR count). The average Bonchev–Trinajstić information content (AvgIpc) is 2.26. The standard InChI is InChI=1S/C14H21FN2O/c1-14(2,3)8-9-16-10-13(18)17-12-7-5-4-6-11(12)15/h4-7,16H,8-10H2,1-3H3,(H,17,18). The van der Waals surface area contributed by atoms with Crippen LogP contribution in [0.5, 0.6) is 0 Å². The van der Waals surface area contributed by atoms with Gasteiger partial charge in [0.15, 0.2) is 0 Å². The molecular formula is C14H21FN2O. The SMILES string of the molecule is CC(C)(C)CCNCC(=O)Nc1ccccc1F. The molecule has 0 saturated heterocycles. The van der Waals surface area contributed by atoms with Gasteiger partial charge in [0.1, 0.15) is 5.82 Å². The zero-order chi connectivity index (χ0) is 13.6. The maximum absolute atomic E-state index is 13.3. The molecule has 1 aromatic rings. The summed E-state index contributed by atoms with van der Waals surface area (Å²) in [6.45, 7) is 7.41. The number of nitrogens with one attached hydrogen (secondary N) is 2. The van der Waals surface area contributed by atoms with Crippen LogP contribution in [0.3, 0.4) is 0 Å². The highest BCUT2D eigenvalue weighted by Gasteiger charge is 2.10. The molecule has 0 unspecified atom stereocenters. The topological polar surface area (TPSA) is 41.1 Å². The van der Waals surface area contributed by atoms with Crippen molar-refractivity contribution in [3.63, 3.8) is 0 Å². The lowest BCUT2D eigenvalue weighted by molar-refractivity contribution is -0.115. The lowest BCUT2D eigenvalue weighted by atomic mass is 9.92. The number of hydrogen-bond acceptors (Lipinski definition) is 2. The van der Waals surface area contributed by atoms with Crippen molar-refractivity contribution in [2.24, 2.45) is 5.41 Å². The van der Waals surface area contributed by atoms with Crippen LogP contribution in [0.2, 0.25) is 0 Å². The smallest absolute Gasteiger partial charge is 0.238 e. The number of benzene rings is 1. The van der Waals surface area contributed by atoms with Gasteiger partial charge in [-0.05, 0) is 30.5 Å². The van der Waals surface area contributed by atoms with Gasteiger partial charge in [-0.1, -0.05) is 32.9 Å². The lowest BCUT2D eigenvalue weighted by Gasteiger charge is -2.17. The second-order valence-electron chi connectivity index (χ2n) is 5.52. The molecule has 0 aliphatic carbocycles. The number of carbonyl (C=O) groups is 1. The number of halogens is 1. The van der Waals surface area contributed by atoms with Crippen LogP contribution in [-0.2, 0) is 4.79 Å². The zero-order valence-electron chi connectivity index (χ0n) is 11.2. The van der Waals surface area contributed by atoms with E-state index in [1.165, 1.54) is 6.07 Å². The highest BCUT2D eigenvalue weighted by atomic mass is 19.1. The van der Waals surface area contributed by atoms with Gasteiger partial charge in [0.05, 0.1) is 12.2 Å². The van der Waals surface area contributed by atoms with Crippen molar-refractivity contribution in [3.05, 3.63) is 30.1 Å². The summed E-state index contributed by atoms with van der Waals surface area (Å²) in [5.74, 6) is -0.644. The first-order chi connectivity index (χ1) is 8.38. The van der Waals surface area contributed by atoms with Gasteiger partial charge in [-0.25, -0.2) is 4.39 Å². The Bertz CT molecular complexity index is 399. The van der Waals surface area contributed by atoms with Crippen LogP contribution in [0, 0.1) is 11.2 Å². The number of para-hydroxylation sites is 1. The third-order valence-corrected chi connectivity index (χ3v) is 2.49. The summed E-state index contributed by atoms with van der Waals surface area (Å²) in [6.07, 6.45) is 0.986. The van der Waals surface area contributed by atoms with Crippen molar-refractivity contribution in [1.29, 1.82) is 0 Å². The van der Waals surface area contributed by atoms with Gasteiger partial charge in [-0.15, -0.1) is 0 Å². The summed E-state index contributed by atoms with van der Waals surface area (Å²) in [5.41, 5.74) is 0.467. The van der Waals surface area contributed by atoms with E-state index < -0.39 is 5.82 Å². The van der Waals surface area contributed by atoms with E-state index in [1.54, 1.807) is 18.2 Å². The predicted octanol–water partition coefficient (Wildman–Crippen LogP) is 2.79. The molecule has 0 radical (unpaired) electrons. The fraction of sp³-hybridized carbons (Fsp3) is 0.500. The van der Waals surface area contributed by atoms with E-state index in [-0.39, 0.29) is 23.6 Å². The molecule has 18 heavy (non-hydrogen) atoms. The number of anilines is 1. The maximum Gasteiger partial charge on any atom is 0.238 e. The first kappa shape index (κ1) is 14.6. The van der Waals surface area contributed by atoms with Gasteiger partial charge in [-0.2, -0.15) is 0 Å². The summed E-state index contributed by atoms with van der Waals surface area (Å²) in [7, 11) is 0. The predicted molar refractivity (Wildman–Crippen MR) is 72.0 cm³/mol. The van der Waals surface area contributed by atoms with Crippen molar-refractivity contribution < 1.29 is 9.18 Å². The van der Waals surface area contributed by atoms with Crippen molar-refractivity contribution in [3.8, 4) is 0 Å². The monoisotopic (exact) mass is 252 g/mol. The number of rotatable bonds is 5. The van der Waals surface area contributed by atoms with E-state index in [0.717, 1.165) is 13.0 Å². The Morgan fingerprint density at radius 3 is 2.56 bits per heavy atom. The molecule has 0 heterocycles. The van der Waals surface area contributed by atoms with E-state index in [2.05, 4.69) is 31.4 Å². The summed E-state index contributed by atoms with van der Waals surface area (Å²) in [4.78, 5) is 11.5. The molecule has 2 N–H and O–H groups in total. The van der Waals surface area contributed by atoms with Gasteiger partial charge < -0.3 is 10.6 Å². The Morgan fingerprint density at radius 1 is 1.28 bits per heavy atom. The number of carbonyl (C=O) groups excluding carboxylic acids is 1. The summed E-state index contributed by atoms with van der Waals surface area (Å²) >= 11 is 0. The minimum absolute atomic E-state index is 0.199. The molecule has 1 aromatic carbocycles. The lowest BCUT2D eigenvalue weighted by Crippen LogP contribution is -2.30. The Hall–Kier alpha value is -1.42. The molecule has 4 heteroatoms. The molecule has 0 spiro atoms. The van der Waals surface area contributed by atoms with Crippen LogP contribution < -0.4 is 10.6 Å². The summed E-state index contributed by atoms with van der Waals surface area (Å²) < 4.78 is 13.3. The largest absolute Gasteiger partial charge is 0.322 e. The molecule has 1 amide bonds. The molecular weight excluding hydrogens is 231 g/mol. The fourth-order valence-electron chi connectivity index (χ4n) is 1.42. The van der Waals surface area contributed by atoms with Crippen molar-refractivity contribution in [1.82, 2.24) is 5.32 Å². The Morgan fingerprint density at radius 2 is 1.94 bits per heavy atom. The third-order valence-electron chi connectivity index (χ3n) is 2.49. The molecule has 0 aliphatic heterocycles. The Balaban J connectivity index is 2.29. The summed E-state index contributed by atoms with van der Waals surface area (Å²) in [5, 5.41) is 5.58. The minimum atomic E-state index is -0.416. The summed E-state index contributed by atoms with van der Waals surface area (Å²) in [6, 6.07) is 6.14. The molecule has 0 aliphatic rings. The molecule has 0 atom stereocenters. The second kappa shape index (κ2) is 6.50. The highest BCUT2D eigenvalue weighted by molar-refractivity contribution is 5.92. The Kier molecular flexibility index (Phi) is 5.28. The second-order valence-corrected chi connectivity index (χ2v) is 5.52. The number of amides is 1. The van der Waals surface area contributed by atoms with Gasteiger partial charge >= 0.3 is 0 Å². The average molecular weight is 252 g/mol. The van der Waals surface area contributed by atoms with Crippen LogP contribution in [0.4, 0.5) is 10.1 Å². The third kappa shape index (κ3) is 5.77. The van der Waals surface area contributed by atoms with Crippen molar-refractivity contribution in [2.45, 2.75) is 27.2 Å². The molecule has 3 nitrogen and oxygen atoms in total. The maximum atomic E-state index is 13.3. The van der Waals surface area contributed by atoms with E-state index in [0.29, 0.717) is 0 Å². The minimum Gasteiger partial charge on any atom is -0.322 e. The van der Waals surface area contributed by atoms with Crippen LogP contribution in [-0.4, -0.2) is 19.0 Å². The molecule has 0 aromatic heterocycles. The van der Waals surface area contributed by atoms with Gasteiger partial charge in [0.2, 0.25) is 5.91 Å². The van der Waals surface area contributed by atoms with E-state index in [1.807, 2.05) is 0 Å². The quantitative estimate of drug-likeness (QED) is 0.791. The molecule has 0 fully saturated rings. The first-order valence-electron chi connectivity index (χ1n) is 6.13. The molecule has 0 bridgehead atoms. The molecule has 100 valence electrons. The van der Waals surface area contributed by atoms with Gasteiger partial charge in [0.25, 0.3) is 0 Å². The van der Waals surface area contributed by atoms with Crippen LogP contribution >= 0.6 is 0 Å². The Labute approximate surface area is 108 Å².